The topological polar surface area (TPSA) is 49.7 Å². The number of halogens is 4. The summed E-state index contributed by atoms with van der Waals surface area (Å²) in [5, 5.41) is 19.1. The van der Waals surface area contributed by atoms with E-state index < -0.39 is 17.9 Å². The Hall–Kier alpha value is -2.08. The number of rotatable bonds is 2. The van der Waals surface area contributed by atoms with Gasteiger partial charge in [0.1, 0.15) is 17.2 Å². The van der Waals surface area contributed by atoms with Crippen molar-refractivity contribution < 1.29 is 28.1 Å². The van der Waals surface area contributed by atoms with Crippen molar-refractivity contribution in [3.8, 4) is 28.4 Å². The van der Waals surface area contributed by atoms with E-state index in [1.165, 1.54) is 24.3 Å². The van der Waals surface area contributed by atoms with Gasteiger partial charge in [0.2, 0.25) is 0 Å². The van der Waals surface area contributed by atoms with E-state index in [4.69, 9.17) is 11.6 Å². The highest BCUT2D eigenvalue weighted by atomic mass is 35.5. The third-order valence-corrected chi connectivity index (χ3v) is 2.72. The van der Waals surface area contributed by atoms with Crippen LogP contribution in [0.5, 0.6) is 17.2 Å². The Labute approximate surface area is 116 Å². The zero-order valence-corrected chi connectivity index (χ0v) is 10.5. The summed E-state index contributed by atoms with van der Waals surface area (Å²) in [5.41, 5.74) is 0.458. The molecule has 0 fully saturated rings. The maximum Gasteiger partial charge on any atom is 0.573 e. The smallest absolute Gasteiger partial charge is 0.508 e. The van der Waals surface area contributed by atoms with Gasteiger partial charge in [0, 0.05) is 16.7 Å². The average molecular weight is 305 g/mol. The van der Waals surface area contributed by atoms with Gasteiger partial charge in [-0.3, -0.25) is 0 Å². The van der Waals surface area contributed by atoms with Gasteiger partial charge < -0.3 is 14.9 Å². The zero-order chi connectivity index (χ0) is 14.9. The minimum absolute atomic E-state index is 0.106. The average Bonchev–Trinajstić information content (AvgIpc) is 2.29. The van der Waals surface area contributed by atoms with Gasteiger partial charge in [-0.1, -0.05) is 11.6 Å². The Morgan fingerprint density at radius 1 is 0.950 bits per heavy atom. The van der Waals surface area contributed by atoms with E-state index >= 15 is 0 Å². The fourth-order valence-corrected chi connectivity index (χ4v) is 1.89. The number of alkyl halides is 3. The molecule has 2 N–H and O–H groups in total. The quantitative estimate of drug-likeness (QED) is 0.869. The van der Waals surface area contributed by atoms with Crippen molar-refractivity contribution in [2.45, 2.75) is 6.36 Å². The van der Waals surface area contributed by atoms with E-state index in [0.717, 1.165) is 12.1 Å². The summed E-state index contributed by atoms with van der Waals surface area (Å²) in [7, 11) is 0. The fourth-order valence-electron chi connectivity index (χ4n) is 1.67. The highest BCUT2D eigenvalue weighted by molar-refractivity contribution is 6.33. The molecule has 0 aliphatic heterocycles. The molecule has 0 saturated heterocycles. The predicted molar refractivity (Wildman–Crippen MR) is 66.9 cm³/mol. The van der Waals surface area contributed by atoms with Gasteiger partial charge in [0.05, 0.1) is 0 Å². The first-order valence-corrected chi connectivity index (χ1v) is 5.71. The highest BCUT2D eigenvalue weighted by Gasteiger charge is 2.31. The van der Waals surface area contributed by atoms with Crippen LogP contribution in [0.3, 0.4) is 0 Å². The van der Waals surface area contributed by atoms with Gasteiger partial charge in [-0.15, -0.1) is 13.2 Å². The lowest BCUT2D eigenvalue weighted by Gasteiger charge is -2.12. The van der Waals surface area contributed by atoms with Crippen LogP contribution in [0, 0.1) is 0 Å². The summed E-state index contributed by atoms with van der Waals surface area (Å²) in [4.78, 5) is 0. The predicted octanol–water partition coefficient (Wildman–Crippen LogP) is 4.32. The van der Waals surface area contributed by atoms with E-state index in [1.54, 1.807) is 0 Å². The Kier molecular flexibility index (Phi) is 3.67. The first-order chi connectivity index (χ1) is 9.24. The summed E-state index contributed by atoms with van der Waals surface area (Å²) in [6, 6.07) is 7.10. The number of phenols is 2. The summed E-state index contributed by atoms with van der Waals surface area (Å²) >= 11 is 5.91. The second kappa shape index (κ2) is 5.13. The van der Waals surface area contributed by atoms with Gasteiger partial charge in [-0.05, 0) is 35.9 Å². The first kappa shape index (κ1) is 14.3. The molecule has 20 heavy (non-hydrogen) atoms. The van der Waals surface area contributed by atoms with Gasteiger partial charge in [0.25, 0.3) is 0 Å². The Balaban J connectivity index is 2.49. The van der Waals surface area contributed by atoms with Gasteiger partial charge in [-0.25, -0.2) is 0 Å². The van der Waals surface area contributed by atoms with Crippen LogP contribution in [-0.4, -0.2) is 16.6 Å². The van der Waals surface area contributed by atoms with Crippen LogP contribution in [0.15, 0.2) is 36.4 Å². The van der Waals surface area contributed by atoms with Crippen LogP contribution in [0.2, 0.25) is 5.02 Å². The Morgan fingerprint density at radius 3 is 2.30 bits per heavy atom. The SMILES string of the molecule is Oc1cc(OC(F)(F)F)cc(-c2cc(O)ccc2Cl)c1. The van der Waals surface area contributed by atoms with Crippen molar-refractivity contribution in [3.05, 3.63) is 41.4 Å². The molecule has 0 saturated carbocycles. The van der Waals surface area contributed by atoms with Crippen molar-refractivity contribution in [2.75, 3.05) is 0 Å². The molecule has 0 spiro atoms. The number of hydrogen-bond acceptors (Lipinski definition) is 3. The monoisotopic (exact) mass is 304 g/mol. The maximum atomic E-state index is 12.2. The minimum Gasteiger partial charge on any atom is -0.508 e. The maximum absolute atomic E-state index is 12.2. The van der Waals surface area contributed by atoms with Crippen LogP contribution < -0.4 is 4.74 Å². The molecule has 0 atom stereocenters. The second-order valence-electron chi connectivity index (χ2n) is 3.93. The molecule has 2 rings (SSSR count). The molecule has 2 aromatic rings. The van der Waals surface area contributed by atoms with Gasteiger partial charge in [-0.2, -0.15) is 0 Å². The molecule has 0 heterocycles. The molecule has 0 bridgehead atoms. The lowest BCUT2D eigenvalue weighted by atomic mass is 10.0. The van der Waals surface area contributed by atoms with Gasteiger partial charge >= 0.3 is 6.36 Å². The molecule has 7 heteroatoms. The highest BCUT2D eigenvalue weighted by Crippen LogP contribution is 2.36. The third kappa shape index (κ3) is 3.48. The lowest BCUT2D eigenvalue weighted by molar-refractivity contribution is -0.274. The first-order valence-electron chi connectivity index (χ1n) is 5.33. The van der Waals surface area contributed by atoms with Crippen LogP contribution in [0.4, 0.5) is 13.2 Å². The van der Waals surface area contributed by atoms with E-state index in [1.807, 2.05) is 0 Å². The number of benzene rings is 2. The normalized spacial score (nSPS) is 11.4. The molecule has 0 radical (unpaired) electrons. The van der Waals surface area contributed by atoms with Crippen molar-refractivity contribution in [3.63, 3.8) is 0 Å². The molecule has 3 nitrogen and oxygen atoms in total. The molecule has 0 aliphatic carbocycles. The van der Waals surface area contributed by atoms with Crippen LogP contribution >= 0.6 is 11.6 Å². The van der Waals surface area contributed by atoms with Crippen molar-refractivity contribution in [2.24, 2.45) is 0 Å². The standard InChI is InChI=1S/C13H8ClF3O3/c14-12-2-1-8(18)6-11(12)7-3-9(19)5-10(4-7)20-13(15,16)17/h1-6,18-19H. The van der Waals surface area contributed by atoms with E-state index in [0.29, 0.717) is 0 Å². The molecule has 0 aromatic heterocycles. The summed E-state index contributed by atoms with van der Waals surface area (Å²) in [6.07, 6.45) is -4.87. The fraction of sp³-hybridized carbons (Fsp3) is 0.0769. The largest absolute Gasteiger partial charge is 0.573 e. The third-order valence-electron chi connectivity index (χ3n) is 2.39. The zero-order valence-electron chi connectivity index (χ0n) is 9.78. The van der Waals surface area contributed by atoms with E-state index in [-0.39, 0.29) is 21.9 Å². The number of phenolic OH excluding ortho intramolecular Hbond substituents is 2. The molecule has 0 amide bonds. The Morgan fingerprint density at radius 2 is 1.65 bits per heavy atom. The number of ether oxygens (including phenoxy) is 1. The molecule has 106 valence electrons. The van der Waals surface area contributed by atoms with E-state index in [9.17, 15) is 23.4 Å². The van der Waals surface area contributed by atoms with Crippen LogP contribution in [-0.2, 0) is 0 Å². The molecular weight excluding hydrogens is 297 g/mol. The number of aromatic hydroxyl groups is 2. The minimum atomic E-state index is -4.87. The second-order valence-corrected chi connectivity index (χ2v) is 4.33. The van der Waals surface area contributed by atoms with Crippen LogP contribution in [0.25, 0.3) is 11.1 Å². The summed E-state index contributed by atoms with van der Waals surface area (Å²) in [6.45, 7) is 0. The van der Waals surface area contributed by atoms with Crippen molar-refractivity contribution in [1.82, 2.24) is 0 Å². The van der Waals surface area contributed by atoms with E-state index in [2.05, 4.69) is 4.74 Å². The van der Waals surface area contributed by atoms with Crippen LogP contribution in [0.1, 0.15) is 0 Å². The lowest BCUT2D eigenvalue weighted by Crippen LogP contribution is -2.17. The van der Waals surface area contributed by atoms with Gasteiger partial charge in [0.15, 0.2) is 0 Å². The summed E-state index contributed by atoms with van der Waals surface area (Å²) < 4.78 is 40.3. The molecular formula is C13H8ClF3O3. The Bertz CT molecular complexity index is 641. The molecule has 0 unspecified atom stereocenters. The molecule has 0 aliphatic rings. The van der Waals surface area contributed by atoms with Crippen molar-refractivity contribution >= 4 is 11.6 Å². The molecule has 2 aromatic carbocycles. The number of hydrogen-bond donors (Lipinski definition) is 2. The summed E-state index contributed by atoms with van der Waals surface area (Å²) in [5.74, 6) is -1.10. The van der Waals surface area contributed by atoms with Crippen molar-refractivity contribution in [1.29, 1.82) is 0 Å².